The molecule has 1 aromatic carbocycles. The summed E-state index contributed by atoms with van der Waals surface area (Å²) in [5.41, 5.74) is 0.0682. The average molecular weight is 512 g/mol. The van der Waals surface area contributed by atoms with Crippen molar-refractivity contribution in [2.75, 3.05) is 7.11 Å². The molecule has 2 N–H and O–H groups in total. The van der Waals surface area contributed by atoms with Gasteiger partial charge in [-0.15, -0.1) is 0 Å². The first-order chi connectivity index (χ1) is 15.9. The highest BCUT2D eigenvalue weighted by Crippen LogP contribution is 2.37. The van der Waals surface area contributed by atoms with E-state index in [1.54, 1.807) is 37.6 Å². The van der Waals surface area contributed by atoms with Crippen molar-refractivity contribution in [1.29, 1.82) is 0 Å². The van der Waals surface area contributed by atoms with Crippen LogP contribution in [0.1, 0.15) is 41.9 Å². The van der Waals surface area contributed by atoms with Crippen molar-refractivity contribution >= 4 is 27.7 Å². The summed E-state index contributed by atoms with van der Waals surface area (Å²) in [6.45, 7) is 1.84. The molecule has 2 aromatic heterocycles. The van der Waals surface area contributed by atoms with Gasteiger partial charge >= 0.3 is 0 Å². The largest absolute Gasteiger partial charge is 0.497 e. The summed E-state index contributed by atoms with van der Waals surface area (Å²) in [6.07, 6.45) is 6.91. The number of methoxy groups -OCH3 is 1. The first-order valence-electron chi connectivity index (χ1n) is 10.3. The van der Waals surface area contributed by atoms with Crippen LogP contribution in [0.25, 0.3) is 0 Å². The Labute approximate surface area is 199 Å². The van der Waals surface area contributed by atoms with Gasteiger partial charge < -0.3 is 20.1 Å². The van der Waals surface area contributed by atoms with E-state index in [1.807, 2.05) is 13.0 Å². The summed E-state index contributed by atoms with van der Waals surface area (Å²) in [5, 5.41) is 5.74. The quantitative estimate of drug-likeness (QED) is 0.474. The van der Waals surface area contributed by atoms with Gasteiger partial charge in [0.25, 0.3) is 5.91 Å². The van der Waals surface area contributed by atoms with Gasteiger partial charge in [-0.2, -0.15) is 0 Å². The van der Waals surface area contributed by atoms with Gasteiger partial charge in [0.2, 0.25) is 5.91 Å². The molecule has 0 bridgehead atoms. The SMILES string of the molecule is COc1ccc(Oc2ccc(C(C)NC(=O)C3(NC(=O)c4cncnc4)CC3)nc2)c(Br)c1. The fraction of sp³-hybridized carbons (Fsp3) is 0.261. The second kappa shape index (κ2) is 9.53. The molecular formula is C23H22BrN5O4. The minimum absolute atomic E-state index is 0.246. The Kier molecular flexibility index (Phi) is 6.55. The number of amides is 2. The van der Waals surface area contributed by atoms with E-state index < -0.39 is 5.54 Å². The molecule has 1 unspecified atom stereocenters. The number of halogens is 1. The molecule has 170 valence electrons. The third-order valence-corrected chi connectivity index (χ3v) is 5.90. The molecule has 2 heterocycles. The van der Waals surface area contributed by atoms with E-state index in [9.17, 15) is 9.59 Å². The lowest BCUT2D eigenvalue weighted by molar-refractivity contribution is -0.124. The molecule has 33 heavy (non-hydrogen) atoms. The van der Waals surface area contributed by atoms with Crippen LogP contribution in [-0.2, 0) is 4.79 Å². The van der Waals surface area contributed by atoms with Crippen LogP contribution >= 0.6 is 15.9 Å². The molecule has 4 rings (SSSR count). The summed E-state index contributed by atoms with van der Waals surface area (Å²) < 4.78 is 11.8. The number of benzene rings is 1. The van der Waals surface area contributed by atoms with E-state index >= 15 is 0 Å². The molecule has 1 fully saturated rings. The van der Waals surface area contributed by atoms with Crippen LogP contribution in [0.2, 0.25) is 0 Å². The van der Waals surface area contributed by atoms with E-state index in [-0.39, 0.29) is 17.9 Å². The van der Waals surface area contributed by atoms with Crippen molar-refractivity contribution < 1.29 is 19.1 Å². The molecule has 9 nitrogen and oxygen atoms in total. The number of carbonyl (C=O) groups is 2. The third kappa shape index (κ3) is 5.28. The van der Waals surface area contributed by atoms with E-state index in [0.717, 1.165) is 4.47 Å². The predicted octanol–water partition coefficient (Wildman–Crippen LogP) is 3.57. The van der Waals surface area contributed by atoms with E-state index in [4.69, 9.17) is 9.47 Å². The fourth-order valence-corrected chi connectivity index (χ4v) is 3.61. The van der Waals surface area contributed by atoms with Crippen LogP contribution in [0.4, 0.5) is 0 Å². The number of ether oxygens (including phenoxy) is 2. The zero-order valence-corrected chi connectivity index (χ0v) is 19.6. The van der Waals surface area contributed by atoms with Gasteiger partial charge in [-0.05, 0) is 66.0 Å². The minimum atomic E-state index is -0.912. The lowest BCUT2D eigenvalue weighted by atomic mass is 10.1. The predicted molar refractivity (Wildman–Crippen MR) is 123 cm³/mol. The standard InChI is InChI=1S/C23H22BrN5O4/c1-14(28-22(31)23(7-8-23)29-21(30)15-10-25-13-26-11-15)19-5-3-17(12-27-19)33-20-6-4-16(32-2)9-18(20)24/h3-6,9-14H,7-8H2,1-2H3,(H,28,31)(H,29,30). The number of carbonyl (C=O) groups excluding carboxylic acids is 2. The molecule has 3 aromatic rings. The Bertz CT molecular complexity index is 1150. The summed E-state index contributed by atoms with van der Waals surface area (Å²) in [5.74, 6) is 1.28. The van der Waals surface area contributed by atoms with Crippen molar-refractivity contribution in [2.24, 2.45) is 0 Å². The molecule has 1 aliphatic rings. The topological polar surface area (TPSA) is 115 Å². The number of nitrogens with one attached hydrogen (secondary N) is 2. The van der Waals surface area contributed by atoms with Crippen LogP contribution in [0, 0.1) is 0 Å². The Hall–Kier alpha value is -3.53. The molecule has 2 amide bonds. The normalized spacial score (nSPS) is 14.6. The molecule has 0 aliphatic heterocycles. The molecule has 0 radical (unpaired) electrons. The van der Waals surface area contributed by atoms with Gasteiger partial charge in [0.15, 0.2) is 0 Å². The molecule has 0 spiro atoms. The van der Waals surface area contributed by atoms with Crippen LogP contribution in [0.15, 0.2) is 59.7 Å². The highest BCUT2D eigenvalue weighted by molar-refractivity contribution is 9.10. The van der Waals surface area contributed by atoms with Crippen molar-refractivity contribution in [3.05, 3.63) is 71.0 Å². The molecule has 1 aliphatic carbocycles. The highest BCUT2D eigenvalue weighted by Gasteiger charge is 2.51. The number of pyridine rings is 1. The highest BCUT2D eigenvalue weighted by atomic mass is 79.9. The smallest absolute Gasteiger partial charge is 0.255 e. The zero-order chi connectivity index (χ0) is 23.4. The lowest BCUT2D eigenvalue weighted by Crippen LogP contribution is -2.49. The Morgan fingerprint density at radius 2 is 1.82 bits per heavy atom. The first-order valence-corrected chi connectivity index (χ1v) is 11.1. The van der Waals surface area contributed by atoms with Gasteiger partial charge in [-0.25, -0.2) is 9.97 Å². The number of nitrogens with zero attached hydrogens (tertiary/aromatic N) is 3. The second-order valence-corrected chi connectivity index (χ2v) is 8.53. The van der Waals surface area contributed by atoms with Crippen LogP contribution in [0.5, 0.6) is 17.2 Å². The van der Waals surface area contributed by atoms with E-state index in [2.05, 4.69) is 41.5 Å². The van der Waals surface area contributed by atoms with Crippen LogP contribution in [0.3, 0.4) is 0 Å². The first kappa shape index (κ1) is 22.7. The van der Waals surface area contributed by atoms with Crippen molar-refractivity contribution in [3.63, 3.8) is 0 Å². The molecule has 0 saturated heterocycles. The van der Waals surface area contributed by atoms with Gasteiger partial charge in [-0.1, -0.05) is 0 Å². The van der Waals surface area contributed by atoms with E-state index in [1.165, 1.54) is 18.7 Å². The Morgan fingerprint density at radius 1 is 1.09 bits per heavy atom. The molecule has 10 heteroatoms. The van der Waals surface area contributed by atoms with Gasteiger partial charge in [0.1, 0.15) is 29.1 Å². The summed E-state index contributed by atoms with van der Waals surface area (Å²) in [4.78, 5) is 37.3. The van der Waals surface area contributed by atoms with E-state index in [0.29, 0.717) is 41.3 Å². The maximum Gasteiger partial charge on any atom is 0.255 e. The van der Waals surface area contributed by atoms with Gasteiger partial charge in [0.05, 0.1) is 35.1 Å². The molecule has 1 atom stereocenters. The Balaban J connectivity index is 1.36. The minimum Gasteiger partial charge on any atom is -0.497 e. The molecule has 1 saturated carbocycles. The zero-order valence-electron chi connectivity index (χ0n) is 18.0. The average Bonchev–Trinajstić information content (AvgIpc) is 3.62. The fourth-order valence-electron chi connectivity index (χ4n) is 3.17. The van der Waals surface area contributed by atoms with Gasteiger partial charge in [-0.3, -0.25) is 14.6 Å². The number of hydrogen-bond donors (Lipinski definition) is 2. The number of aromatic nitrogens is 3. The monoisotopic (exact) mass is 511 g/mol. The van der Waals surface area contributed by atoms with Crippen molar-refractivity contribution in [2.45, 2.75) is 31.3 Å². The number of hydrogen-bond acceptors (Lipinski definition) is 7. The molecular weight excluding hydrogens is 490 g/mol. The van der Waals surface area contributed by atoms with Crippen molar-refractivity contribution in [1.82, 2.24) is 25.6 Å². The van der Waals surface area contributed by atoms with Crippen molar-refractivity contribution in [3.8, 4) is 17.2 Å². The third-order valence-electron chi connectivity index (χ3n) is 5.28. The lowest BCUT2D eigenvalue weighted by Gasteiger charge is -2.20. The second-order valence-electron chi connectivity index (χ2n) is 7.68. The summed E-state index contributed by atoms with van der Waals surface area (Å²) in [6, 6.07) is 8.63. The maximum atomic E-state index is 12.9. The Morgan fingerprint density at radius 3 is 2.42 bits per heavy atom. The number of rotatable bonds is 8. The van der Waals surface area contributed by atoms with Crippen LogP contribution < -0.4 is 20.1 Å². The van der Waals surface area contributed by atoms with Crippen LogP contribution in [-0.4, -0.2) is 39.4 Å². The summed E-state index contributed by atoms with van der Waals surface area (Å²) >= 11 is 3.46. The summed E-state index contributed by atoms with van der Waals surface area (Å²) in [7, 11) is 1.60. The maximum absolute atomic E-state index is 12.9. The van der Waals surface area contributed by atoms with Gasteiger partial charge in [0, 0.05) is 12.4 Å².